The summed E-state index contributed by atoms with van der Waals surface area (Å²) in [6.07, 6.45) is 2.23. The zero-order chi connectivity index (χ0) is 10.6. The highest BCUT2D eigenvalue weighted by Crippen LogP contribution is 2.28. The Balaban J connectivity index is 4.46. The van der Waals surface area contributed by atoms with Crippen LogP contribution in [-0.2, 0) is 0 Å². The summed E-state index contributed by atoms with van der Waals surface area (Å²) in [5.74, 6) is 0. The van der Waals surface area contributed by atoms with Gasteiger partial charge in [-0.25, -0.2) is 0 Å². The van der Waals surface area contributed by atoms with Crippen molar-refractivity contribution in [2.75, 3.05) is 0 Å². The van der Waals surface area contributed by atoms with E-state index in [1.54, 1.807) is 0 Å². The van der Waals surface area contributed by atoms with Gasteiger partial charge in [-0.2, -0.15) is 0 Å². The lowest BCUT2D eigenvalue weighted by atomic mass is 9.85. The minimum atomic E-state index is 0.354. The lowest BCUT2D eigenvalue weighted by Gasteiger charge is -2.21. The zero-order valence-corrected chi connectivity index (χ0v) is 10.1. The summed E-state index contributed by atoms with van der Waals surface area (Å²) >= 11 is 0. The van der Waals surface area contributed by atoms with Crippen molar-refractivity contribution in [1.82, 2.24) is 0 Å². The lowest BCUT2D eigenvalue weighted by Crippen LogP contribution is -2.06. The van der Waals surface area contributed by atoms with Crippen LogP contribution in [0.5, 0.6) is 0 Å². The van der Waals surface area contributed by atoms with Gasteiger partial charge in [-0.15, -0.1) is 0 Å². The van der Waals surface area contributed by atoms with Crippen LogP contribution in [0, 0.1) is 5.41 Å². The number of rotatable bonds is 3. The largest absolute Gasteiger partial charge is 0.0955 e. The fraction of sp³-hybridized carbons (Fsp3) is 0.692. The first-order valence-electron chi connectivity index (χ1n) is 5.12. The number of hydrogen-bond donors (Lipinski definition) is 0. The molecule has 0 aliphatic heterocycles. The first-order chi connectivity index (χ1) is 5.78. The number of allylic oxidation sites excluding steroid dienone is 3. The maximum atomic E-state index is 4.15. The Labute approximate surface area is 83.7 Å². The van der Waals surface area contributed by atoms with E-state index in [1.807, 2.05) is 0 Å². The standard InChI is InChI=1S/C13H24/c1-8-10(2)12(4)11(3)9-13(5,6)7/h3,8-9H2,1-2,4-7H3/b12-10+. The Bertz CT molecular complexity index is 211. The van der Waals surface area contributed by atoms with E-state index in [-0.39, 0.29) is 0 Å². The minimum absolute atomic E-state index is 0.354. The van der Waals surface area contributed by atoms with Crippen molar-refractivity contribution < 1.29 is 0 Å². The van der Waals surface area contributed by atoms with E-state index in [9.17, 15) is 0 Å². The molecule has 0 aliphatic rings. The van der Waals surface area contributed by atoms with Crippen LogP contribution in [0.2, 0.25) is 0 Å². The predicted molar refractivity (Wildman–Crippen MR) is 61.9 cm³/mol. The topological polar surface area (TPSA) is 0 Å². The third kappa shape index (κ3) is 4.92. The summed E-state index contributed by atoms with van der Waals surface area (Å²) in [7, 11) is 0. The number of hydrogen-bond acceptors (Lipinski definition) is 0. The van der Waals surface area contributed by atoms with Gasteiger partial charge in [0.1, 0.15) is 0 Å². The smallest absolute Gasteiger partial charge is 0.0233 e. The van der Waals surface area contributed by atoms with Crippen LogP contribution in [0.3, 0.4) is 0 Å². The van der Waals surface area contributed by atoms with Crippen LogP contribution in [0.1, 0.15) is 54.4 Å². The highest BCUT2D eigenvalue weighted by atomic mass is 14.2. The van der Waals surface area contributed by atoms with Crippen LogP contribution in [0.15, 0.2) is 23.3 Å². The van der Waals surface area contributed by atoms with Gasteiger partial charge in [-0.3, -0.25) is 0 Å². The highest BCUT2D eigenvalue weighted by molar-refractivity contribution is 5.31. The molecule has 0 bridgehead atoms. The molecule has 0 rings (SSSR count). The van der Waals surface area contributed by atoms with E-state index in [4.69, 9.17) is 0 Å². The van der Waals surface area contributed by atoms with Gasteiger partial charge in [-0.1, -0.05) is 45.4 Å². The average molecular weight is 180 g/mol. The van der Waals surface area contributed by atoms with Gasteiger partial charge >= 0.3 is 0 Å². The molecule has 76 valence electrons. The zero-order valence-electron chi connectivity index (χ0n) is 10.1. The molecule has 0 nitrogen and oxygen atoms in total. The molecule has 0 radical (unpaired) electrons. The summed E-state index contributed by atoms with van der Waals surface area (Å²) in [5, 5.41) is 0. The second-order valence-electron chi connectivity index (χ2n) is 5.10. The first-order valence-corrected chi connectivity index (χ1v) is 5.12. The summed E-state index contributed by atoms with van der Waals surface area (Å²) in [6.45, 7) is 17.5. The van der Waals surface area contributed by atoms with Crippen LogP contribution in [0.25, 0.3) is 0 Å². The molecule has 0 heteroatoms. The van der Waals surface area contributed by atoms with Crippen molar-refractivity contribution in [3.8, 4) is 0 Å². The molecule has 0 saturated carbocycles. The van der Waals surface area contributed by atoms with Crippen LogP contribution >= 0.6 is 0 Å². The van der Waals surface area contributed by atoms with Crippen molar-refractivity contribution in [1.29, 1.82) is 0 Å². The molecule has 0 atom stereocenters. The fourth-order valence-corrected chi connectivity index (χ4v) is 1.34. The molecule has 0 saturated heterocycles. The molecule has 0 aromatic rings. The van der Waals surface area contributed by atoms with Gasteiger partial charge in [-0.05, 0) is 37.7 Å². The Morgan fingerprint density at radius 1 is 1.15 bits per heavy atom. The van der Waals surface area contributed by atoms with Crippen molar-refractivity contribution in [2.45, 2.75) is 54.4 Å². The molecule has 0 aromatic carbocycles. The van der Waals surface area contributed by atoms with E-state index >= 15 is 0 Å². The third-order valence-electron chi connectivity index (χ3n) is 2.44. The predicted octanol–water partition coefficient (Wildman–Crippen LogP) is 4.73. The minimum Gasteiger partial charge on any atom is -0.0955 e. The normalized spacial score (nSPS) is 14.0. The molecule has 0 aliphatic carbocycles. The van der Waals surface area contributed by atoms with Gasteiger partial charge in [0.2, 0.25) is 0 Å². The van der Waals surface area contributed by atoms with E-state index in [0.717, 1.165) is 12.8 Å². The maximum absolute atomic E-state index is 4.15. The van der Waals surface area contributed by atoms with E-state index in [2.05, 4.69) is 48.1 Å². The Kier molecular flexibility index (Phi) is 4.46. The molecule has 0 heterocycles. The molecule has 0 spiro atoms. The van der Waals surface area contributed by atoms with Gasteiger partial charge in [0.25, 0.3) is 0 Å². The molecule has 13 heavy (non-hydrogen) atoms. The maximum Gasteiger partial charge on any atom is -0.0233 e. The van der Waals surface area contributed by atoms with Gasteiger partial charge in [0.05, 0.1) is 0 Å². The SMILES string of the molecule is C=C(CC(C)(C)C)/C(C)=C(\C)CC. The average Bonchev–Trinajstić information content (AvgIpc) is 1.98. The second kappa shape index (κ2) is 4.64. The van der Waals surface area contributed by atoms with Crippen LogP contribution in [-0.4, -0.2) is 0 Å². The Morgan fingerprint density at radius 2 is 1.62 bits per heavy atom. The van der Waals surface area contributed by atoms with Crippen LogP contribution in [0.4, 0.5) is 0 Å². The Morgan fingerprint density at radius 3 is 1.92 bits per heavy atom. The van der Waals surface area contributed by atoms with Crippen molar-refractivity contribution in [3.05, 3.63) is 23.3 Å². The quantitative estimate of drug-likeness (QED) is 0.551. The second-order valence-corrected chi connectivity index (χ2v) is 5.10. The van der Waals surface area contributed by atoms with E-state index in [1.165, 1.54) is 16.7 Å². The molecular weight excluding hydrogens is 156 g/mol. The fourth-order valence-electron chi connectivity index (χ4n) is 1.34. The molecular formula is C13H24. The Hall–Kier alpha value is -0.520. The molecule has 0 aromatic heterocycles. The van der Waals surface area contributed by atoms with Gasteiger partial charge in [0.15, 0.2) is 0 Å². The molecule has 0 amide bonds. The third-order valence-corrected chi connectivity index (χ3v) is 2.44. The molecule has 0 N–H and O–H groups in total. The summed E-state index contributed by atoms with van der Waals surface area (Å²) in [6, 6.07) is 0. The molecule has 0 fully saturated rings. The van der Waals surface area contributed by atoms with E-state index in [0.29, 0.717) is 5.41 Å². The van der Waals surface area contributed by atoms with Crippen molar-refractivity contribution >= 4 is 0 Å². The highest BCUT2D eigenvalue weighted by Gasteiger charge is 2.13. The molecule has 0 unspecified atom stereocenters. The first kappa shape index (κ1) is 12.5. The summed E-state index contributed by atoms with van der Waals surface area (Å²) in [5.41, 5.74) is 4.52. The van der Waals surface area contributed by atoms with Gasteiger partial charge in [0, 0.05) is 0 Å². The lowest BCUT2D eigenvalue weighted by molar-refractivity contribution is 0.412. The van der Waals surface area contributed by atoms with Gasteiger partial charge < -0.3 is 0 Å². The van der Waals surface area contributed by atoms with Crippen molar-refractivity contribution in [2.24, 2.45) is 5.41 Å². The van der Waals surface area contributed by atoms with Crippen molar-refractivity contribution in [3.63, 3.8) is 0 Å². The monoisotopic (exact) mass is 180 g/mol. The van der Waals surface area contributed by atoms with E-state index < -0.39 is 0 Å². The summed E-state index contributed by atoms with van der Waals surface area (Å²) in [4.78, 5) is 0. The van der Waals surface area contributed by atoms with Crippen LogP contribution < -0.4 is 0 Å². The summed E-state index contributed by atoms with van der Waals surface area (Å²) < 4.78 is 0.